The minimum Gasteiger partial charge on any atom is -0.505 e. The summed E-state index contributed by atoms with van der Waals surface area (Å²) in [5.41, 5.74) is 4.05. The van der Waals surface area contributed by atoms with Crippen LogP contribution >= 0.6 is 0 Å². The molecule has 1 aliphatic rings. The molecule has 3 N–H and O–H groups in total. The van der Waals surface area contributed by atoms with Gasteiger partial charge < -0.3 is 10.8 Å². The van der Waals surface area contributed by atoms with Crippen molar-refractivity contribution in [1.29, 1.82) is 0 Å². The zero-order chi connectivity index (χ0) is 12.8. The summed E-state index contributed by atoms with van der Waals surface area (Å²) in [5.74, 6) is -2.17. The summed E-state index contributed by atoms with van der Waals surface area (Å²) in [7, 11) is 0. The molecule has 17 heavy (non-hydrogen) atoms. The van der Waals surface area contributed by atoms with Gasteiger partial charge in [0.05, 0.1) is 5.56 Å². The van der Waals surface area contributed by atoms with Gasteiger partial charge in [0.2, 0.25) is 0 Å². The van der Waals surface area contributed by atoms with Gasteiger partial charge in [0.1, 0.15) is 0 Å². The summed E-state index contributed by atoms with van der Waals surface area (Å²) < 4.78 is 51.3. The van der Waals surface area contributed by atoms with E-state index in [2.05, 4.69) is 0 Å². The lowest BCUT2D eigenvalue weighted by molar-refractivity contribution is -0.138. The SMILES string of the molecule is N[C@@H](c1c(C(F)(F)F)ccc(F)c1O)C1CC1. The highest BCUT2D eigenvalue weighted by molar-refractivity contribution is 5.44. The number of benzene rings is 1. The van der Waals surface area contributed by atoms with Crippen LogP contribution in [0.1, 0.15) is 30.0 Å². The first-order valence-corrected chi connectivity index (χ1v) is 5.16. The molecule has 0 heterocycles. The molecule has 0 bridgehead atoms. The minimum atomic E-state index is -4.65. The number of phenolic OH excluding ortho intramolecular Hbond substituents is 1. The third-order valence-corrected chi connectivity index (χ3v) is 2.94. The van der Waals surface area contributed by atoms with E-state index in [9.17, 15) is 22.7 Å². The molecule has 0 aromatic heterocycles. The van der Waals surface area contributed by atoms with E-state index < -0.39 is 34.9 Å². The molecule has 0 unspecified atom stereocenters. The molecule has 1 fully saturated rings. The van der Waals surface area contributed by atoms with E-state index in [0.29, 0.717) is 25.0 Å². The maximum Gasteiger partial charge on any atom is 0.416 e. The Balaban J connectivity index is 2.55. The van der Waals surface area contributed by atoms with Gasteiger partial charge in [0, 0.05) is 11.6 Å². The average Bonchev–Trinajstić information content (AvgIpc) is 3.02. The summed E-state index contributed by atoms with van der Waals surface area (Å²) >= 11 is 0. The van der Waals surface area contributed by atoms with Crippen molar-refractivity contribution < 1.29 is 22.7 Å². The van der Waals surface area contributed by atoms with Gasteiger partial charge in [-0.2, -0.15) is 13.2 Å². The molecule has 0 radical (unpaired) electrons. The molecule has 2 rings (SSSR count). The summed E-state index contributed by atoms with van der Waals surface area (Å²) in [6, 6.07) is 0.246. The van der Waals surface area contributed by atoms with Crippen LogP contribution in [0.15, 0.2) is 12.1 Å². The van der Waals surface area contributed by atoms with Crippen LogP contribution in [0.25, 0.3) is 0 Å². The van der Waals surface area contributed by atoms with Gasteiger partial charge in [-0.15, -0.1) is 0 Å². The smallest absolute Gasteiger partial charge is 0.416 e. The Labute approximate surface area is 95.0 Å². The summed E-state index contributed by atoms with van der Waals surface area (Å²) in [6.07, 6.45) is -3.24. The maximum absolute atomic E-state index is 13.1. The van der Waals surface area contributed by atoms with Crippen molar-refractivity contribution in [1.82, 2.24) is 0 Å². The second-order valence-electron chi connectivity index (χ2n) is 4.22. The fraction of sp³-hybridized carbons (Fsp3) is 0.455. The lowest BCUT2D eigenvalue weighted by Gasteiger charge is -2.19. The van der Waals surface area contributed by atoms with Gasteiger partial charge in [0.25, 0.3) is 0 Å². The first-order chi connectivity index (χ1) is 7.82. The first kappa shape index (κ1) is 12.2. The van der Waals surface area contributed by atoms with Gasteiger partial charge in [-0.05, 0) is 30.9 Å². The van der Waals surface area contributed by atoms with Crippen LogP contribution in [0, 0.1) is 11.7 Å². The van der Waals surface area contributed by atoms with E-state index in [1.165, 1.54) is 0 Å². The molecule has 1 saturated carbocycles. The Hall–Kier alpha value is -1.30. The number of rotatable bonds is 2. The van der Waals surface area contributed by atoms with Crippen molar-refractivity contribution in [2.45, 2.75) is 25.1 Å². The van der Waals surface area contributed by atoms with Gasteiger partial charge in [-0.25, -0.2) is 4.39 Å². The molecular weight excluding hydrogens is 238 g/mol. The zero-order valence-corrected chi connectivity index (χ0v) is 8.76. The maximum atomic E-state index is 13.1. The summed E-state index contributed by atoms with van der Waals surface area (Å²) in [5, 5.41) is 9.43. The molecule has 1 aromatic rings. The second kappa shape index (κ2) is 3.87. The zero-order valence-electron chi connectivity index (χ0n) is 8.76. The topological polar surface area (TPSA) is 46.2 Å². The standard InChI is InChI=1S/C11H11F4NO/c12-7-4-3-6(11(13,14)15)8(10(7)17)9(16)5-1-2-5/h3-5,9,17H,1-2,16H2/t9-/m1/s1. The molecule has 1 atom stereocenters. The van der Waals surface area contributed by atoms with E-state index in [1.54, 1.807) is 0 Å². The molecule has 2 nitrogen and oxygen atoms in total. The number of hydrogen-bond donors (Lipinski definition) is 2. The van der Waals surface area contributed by atoms with Crippen molar-refractivity contribution >= 4 is 0 Å². The van der Waals surface area contributed by atoms with Crippen LogP contribution in [-0.2, 0) is 6.18 Å². The van der Waals surface area contributed by atoms with E-state index in [4.69, 9.17) is 5.73 Å². The van der Waals surface area contributed by atoms with Crippen molar-refractivity contribution in [3.8, 4) is 5.75 Å². The number of alkyl halides is 3. The normalized spacial score (nSPS) is 18.2. The Morgan fingerprint density at radius 1 is 1.29 bits per heavy atom. The Kier molecular flexibility index (Phi) is 2.77. The van der Waals surface area contributed by atoms with Crippen LogP contribution in [0.2, 0.25) is 0 Å². The van der Waals surface area contributed by atoms with E-state index in [1.807, 2.05) is 0 Å². The molecule has 0 spiro atoms. The van der Waals surface area contributed by atoms with Crippen LogP contribution < -0.4 is 5.73 Å². The number of aromatic hydroxyl groups is 1. The number of hydrogen-bond acceptors (Lipinski definition) is 2. The molecule has 0 aliphatic heterocycles. The molecule has 6 heteroatoms. The number of nitrogens with two attached hydrogens (primary N) is 1. The Bertz CT molecular complexity index is 440. The van der Waals surface area contributed by atoms with Gasteiger partial charge in [0.15, 0.2) is 11.6 Å². The van der Waals surface area contributed by atoms with E-state index in [-0.39, 0.29) is 5.92 Å². The predicted octanol–water partition coefficient (Wildman–Crippen LogP) is 2.96. The Morgan fingerprint density at radius 3 is 2.35 bits per heavy atom. The lowest BCUT2D eigenvalue weighted by atomic mass is 9.96. The van der Waals surface area contributed by atoms with E-state index >= 15 is 0 Å². The highest BCUT2D eigenvalue weighted by Crippen LogP contribution is 2.47. The lowest BCUT2D eigenvalue weighted by Crippen LogP contribution is -2.19. The second-order valence-corrected chi connectivity index (χ2v) is 4.22. The van der Waals surface area contributed by atoms with Gasteiger partial charge in [-0.1, -0.05) is 0 Å². The fourth-order valence-corrected chi connectivity index (χ4v) is 1.86. The van der Waals surface area contributed by atoms with Crippen LogP contribution in [-0.4, -0.2) is 5.11 Å². The molecule has 1 aromatic carbocycles. The van der Waals surface area contributed by atoms with Crippen molar-refractivity contribution in [3.05, 3.63) is 29.1 Å². The molecule has 94 valence electrons. The van der Waals surface area contributed by atoms with E-state index in [0.717, 1.165) is 0 Å². The summed E-state index contributed by atoms with van der Waals surface area (Å²) in [4.78, 5) is 0. The third-order valence-electron chi connectivity index (χ3n) is 2.94. The molecule has 0 amide bonds. The predicted molar refractivity (Wildman–Crippen MR) is 52.7 cm³/mol. The Morgan fingerprint density at radius 2 is 1.88 bits per heavy atom. The first-order valence-electron chi connectivity index (χ1n) is 5.16. The fourth-order valence-electron chi connectivity index (χ4n) is 1.86. The van der Waals surface area contributed by atoms with Crippen molar-refractivity contribution in [3.63, 3.8) is 0 Å². The third kappa shape index (κ3) is 2.22. The van der Waals surface area contributed by atoms with Crippen LogP contribution in [0.5, 0.6) is 5.75 Å². The number of phenols is 1. The van der Waals surface area contributed by atoms with Crippen molar-refractivity contribution in [2.24, 2.45) is 11.7 Å². The van der Waals surface area contributed by atoms with Crippen molar-refractivity contribution in [2.75, 3.05) is 0 Å². The quantitative estimate of drug-likeness (QED) is 0.791. The highest BCUT2D eigenvalue weighted by atomic mass is 19.4. The van der Waals surface area contributed by atoms with Crippen LogP contribution in [0.4, 0.5) is 17.6 Å². The minimum absolute atomic E-state index is 0.108. The largest absolute Gasteiger partial charge is 0.505 e. The number of halogens is 4. The van der Waals surface area contributed by atoms with Gasteiger partial charge >= 0.3 is 6.18 Å². The van der Waals surface area contributed by atoms with Crippen LogP contribution in [0.3, 0.4) is 0 Å². The van der Waals surface area contributed by atoms with Gasteiger partial charge in [-0.3, -0.25) is 0 Å². The summed E-state index contributed by atoms with van der Waals surface area (Å²) in [6.45, 7) is 0. The molecule has 0 saturated heterocycles. The highest BCUT2D eigenvalue weighted by Gasteiger charge is 2.40. The average molecular weight is 249 g/mol. The molecule has 1 aliphatic carbocycles. The monoisotopic (exact) mass is 249 g/mol. The molecular formula is C11H11F4NO.